The molecule has 3 unspecified atom stereocenters. The van der Waals surface area contributed by atoms with Crippen LogP contribution in [0.15, 0.2) is 18.2 Å². The van der Waals surface area contributed by atoms with Gasteiger partial charge in [0.1, 0.15) is 49.1 Å². The SMILES string of the molecule is CC(C)C[C@H]1OC(=O)[C@H](C(C)C)CC(=O)[C@H](C)OC(=O)[C@@H](C(C)C)NC(=O)[C@@H](CC2CCCCC2)OC(=O)[C@H]([C@@H](C)OC(=O)CCCN(C)C(=O)OCc2ccc(O[C@@H]3O[C@H](C(=O)O)[C@@H](O)[C@H](O)[C@H]3O)c([N+](=O)[O-])c2)NC(=O)[C@H](C)OC(=O)[C@@H](C(C)C)C2CC(C)CC(OC(=O)[C@H](C(C)C)NC(=O)[C@H](C)OC(=O)[C@@H](C(C)C)NC1=O)C2=O. The third-order valence-electron chi connectivity index (χ3n) is 21.1. The molecule has 5 rings (SSSR count). The number of Topliss-reactive ketones (excluding diaryl/α,β-unsaturated/α-hetero) is 2. The first-order valence-electron chi connectivity index (χ1n) is 40.1. The van der Waals surface area contributed by atoms with E-state index in [0.717, 1.165) is 43.2 Å². The van der Waals surface area contributed by atoms with E-state index in [1.165, 1.54) is 33.9 Å². The number of aliphatic hydroxyl groups is 3. The Kier molecular flexibility index (Phi) is 37.6. The minimum atomic E-state index is -2.08. The van der Waals surface area contributed by atoms with Crippen LogP contribution >= 0.6 is 0 Å². The van der Waals surface area contributed by atoms with Crippen LogP contribution < -0.4 is 26.0 Å². The van der Waals surface area contributed by atoms with E-state index in [-0.39, 0.29) is 62.0 Å². The molecular formula is C80H120N6O31. The molecule has 2 aliphatic carbocycles. The summed E-state index contributed by atoms with van der Waals surface area (Å²) >= 11 is 0. The number of benzene rings is 1. The van der Waals surface area contributed by atoms with Crippen LogP contribution in [0.2, 0.25) is 0 Å². The van der Waals surface area contributed by atoms with Gasteiger partial charge in [0.15, 0.2) is 66.1 Å². The second-order valence-corrected chi connectivity index (χ2v) is 33.1. The first-order valence-corrected chi connectivity index (χ1v) is 40.1. The number of nitro benzene ring substituents is 1. The van der Waals surface area contributed by atoms with E-state index in [1.54, 1.807) is 90.0 Å². The predicted octanol–water partition coefficient (Wildman–Crippen LogP) is 4.73. The molecule has 1 aromatic rings. The average molecular weight is 1660 g/mol. The second-order valence-electron chi connectivity index (χ2n) is 33.1. The first kappa shape index (κ1) is 98.1. The van der Waals surface area contributed by atoms with Crippen LogP contribution in [-0.2, 0) is 116 Å². The predicted molar refractivity (Wildman–Crippen MR) is 408 cm³/mol. The van der Waals surface area contributed by atoms with Gasteiger partial charge in [-0.1, -0.05) is 128 Å². The number of carbonyl (C=O) groups excluding carboxylic acids is 14. The van der Waals surface area contributed by atoms with E-state index in [2.05, 4.69) is 21.3 Å². The Morgan fingerprint density at radius 2 is 1.11 bits per heavy atom. The van der Waals surface area contributed by atoms with Crippen LogP contribution in [0, 0.1) is 75.2 Å². The van der Waals surface area contributed by atoms with Crippen molar-refractivity contribution in [3.8, 4) is 5.75 Å². The van der Waals surface area contributed by atoms with Gasteiger partial charge in [0, 0.05) is 38.4 Å². The van der Waals surface area contributed by atoms with Gasteiger partial charge in [0.05, 0.1) is 16.8 Å². The number of fused-ring (bicyclic) bond motifs is 2. The zero-order valence-electron chi connectivity index (χ0n) is 69.9. The van der Waals surface area contributed by atoms with Crippen molar-refractivity contribution in [2.45, 2.75) is 299 Å². The van der Waals surface area contributed by atoms with E-state index in [1.807, 2.05) is 0 Å². The largest absolute Gasteiger partial charge is 0.479 e. The minimum Gasteiger partial charge on any atom is -0.479 e. The zero-order valence-corrected chi connectivity index (χ0v) is 69.9. The smallest absolute Gasteiger partial charge is 0.409 e. The first-order chi connectivity index (χ1) is 54.6. The topological polar surface area (TPSA) is 524 Å². The highest BCUT2D eigenvalue weighted by molar-refractivity contribution is 5.97. The Morgan fingerprint density at radius 1 is 0.598 bits per heavy atom. The van der Waals surface area contributed by atoms with Gasteiger partial charge in [-0.3, -0.25) is 53.3 Å². The maximum absolute atomic E-state index is 15.0. The van der Waals surface area contributed by atoms with Crippen LogP contribution in [-0.4, -0.2) is 230 Å². The summed E-state index contributed by atoms with van der Waals surface area (Å²) in [6.07, 6.45) is -20.5. The van der Waals surface area contributed by atoms with Crippen molar-refractivity contribution in [2.75, 3.05) is 13.6 Å². The molecule has 2 saturated heterocycles. The number of nitrogens with zero attached hydrogens (tertiary/aromatic N) is 2. The maximum atomic E-state index is 15.0. The fourth-order valence-corrected chi connectivity index (χ4v) is 14.0. The minimum absolute atomic E-state index is 0.00593. The molecule has 2 bridgehead atoms. The van der Waals surface area contributed by atoms with E-state index < -0.39 is 270 Å². The molecule has 8 N–H and O–H groups in total. The van der Waals surface area contributed by atoms with Crippen LogP contribution in [0.25, 0.3) is 0 Å². The lowest BCUT2D eigenvalue weighted by molar-refractivity contribution is -0.387. The molecule has 5 amide bonds. The third-order valence-corrected chi connectivity index (χ3v) is 21.1. The summed E-state index contributed by atoms with van der Waals surface area (Å²) in [6, 6.07) is -3.25. The highest BCUT2D eigenvalue weighted by Crippen LogP contribution is 2.39. The molecule has 0 radical (unpaired) electrons. The Morgan fingerprint density at radius 3 is 1.64 bits per heavy atom. The van der Waals surface area contributed by atoms with Crippen molar-refractivity contribution in [2.24, 2.45) is 65.1 Å². The normalized spacial score (nSPS) is 29.9. The second kappa shape index (κ2) is 44.9. The summed E-state index contributed by atoms with van der Waals surface area (Å²) in [5.74, 6) is -23.5. The number of aliphatic carboxylic acids is 1. The van der Waals surface area contributed by atoms with Crippen molar-refractivity contribution in [3.63, 3.8) is 0 Å². The number of carboxylic acids is 1. The summed E-state index contributed by atoms with van der Waals surface area (Å²) < 4.78 is 56.4. The molecule has 656 valence electrons. The lowest BCUT2D eigenvalue weighted by Gasteiger charge is -2.38. The number of ether oxygens (including phenoxy) is 10. The summed E-state index contributed by atoms with van der Waals surface area (Å²) in [5, 5.41) is 62.4. The Balaban J connectivity index is 1.47. The van der Waals surface area contributed by atoms with Crippen LogP contribution in [0.5, 0.6) is 5.75 Å². The Labute approximate surface area is 680 Å². The van der Waals surface area contributed by atoms with Gasteiger partial charge in [-0.15, -0.1) is 0 Å². The van der Waals surface area contributed by atoms with Crippen molar-refractivity contribution in [1.29, 1.82) is 0 Å². The number of amides is 5. The number of esters is 7. The number of ketones is 2. The average Bonchev–Trinajstić information content (AvgIpc) is 0.798. The van der Waals surface area contributed by atoms with Gasteiger partial charge in [0.2, 0.25) is 6.29 Å². The fraction of sp³-hybridized carbons (Fsp3) is 0.738. The number of nitrogens with one attached hydrogen (secondary N) is 4. The molecular weight excluding hydrogens is 1540 g/mol. The van der Waals surface area contributed by atoms with Crippen LogP contribution in [0.3, 0.4) is 0 Å². The fourth-order valence-electron chi connectivity index (χ4n) is 14.0. The van der Waals surface area contributed by atoms with Crippen molar-refractivity contribution < 1.29 is 145 Å². The number of carbonyl (C=O) groups is 15. The number of hydrogen-bond donors (Lipinski definition) is 8. The number of cyclic esters (lactones) is 5. The van der Waals surface area contributed by atoms with E-state index in [0.29, 0.717) is 12.8 Å². The highest BCUT2D eigenvalue weighted by Gasteiger charge is 2.51. The van der Waals surface area contributed by atoms with Gasteiger partial charge >= 0.3 is 59.5 Å². The van der Waals surface area contributed by atoms with E-state index in [9.17, 15) is 97.7 Å². The maximum Gasteiger partial charge on any atom is 0.409 e. The molecule has 37 heteroatoms. The molecule has 4 fully saturated rings. The molecule has 2 heterocycles. The summed E-state index contributed by atoms with van der Waals surface area (Å²) in [4.78, 5) is 224. The monoisotopic (exact) mass is 1660 g/mol. The van der Waals surface area contributed by atoms with Gasteiger partial charge in [0.25, 0.3) is 23.6 Å². The summed E-state index contributed by atoms with van der Waals surface area (Å²) in [5.41, 5.74) is -0.737. The lowest BCUT2D eigenvalue weighted by atomic mass is 9.70. The molecule has 4 aliphatic rings. The molecule has 0 aromatic heterocycles. The van der Waals surface area contributed by atoms with Crippen molar-refractivity contribution in [3.05, 3.63) is 33.9 Å². The third kappa shape index (κ3) is 28.4. The zero-order chi connectivity index (χ0) is 88.1. The van der Waals surface area contributed by atoms with Crippen LogP contribution in [0.1, 0.15) is 200 Å². The number of carboxylic acid groups (broad SMARTS) is 1. The Bertz CT molecular complexity index is 3690. The number of nitro groups is 1. The standard InChI is InChI=1S/C80H120N6O31/c1-36(2)29-55-70(95)82-60(40(9)10)76(102)112-46(17)68(93)81-61(41(11)12)77(103)113-54-31-42(13)30-50(63(54)89)58(38(5)6)74(100)111-45(16)69(94)84-62(78(104)115-56(33-47-23-20-19-21-24-47)71(96)83-59(39(7)8)75(101)110-43(14)52(87)34-49(37(3)4)73(99)114-55)44(15)109-57(88)25-22-28-85(18)80(105)108-35-48-26-27-53(51(32-48)86(106)107)116-79-66(92)64(90)65(91)67(117-79)72(97)98/h26-27,32,36-47,49-50,54-56,58-62,64-67,79,90-92H,19-25,28-31,33-35H2,1-18H3,(H,81,93)(H,82,95)(H,83,96)(H,84,94)(H,97,98)/t42?,43-,44+,45-,46-,49-,50?,54?,55+,56+,58-,59+,60+,61-,62-,64-,65-,66+,67-,79+/m0/s1. The number of rotatable bonds is 21. The van der Waals surface area contributed by atoms with Gasteiger partial charge in [-0.25, -0.2) is 28.8 Å². The molecule has 2 aliphatic heterocycles. The van der Waals surface area contributed by atoms with Crippen molar-refractivity contribution in [1.82, 2.24) is 26.2 Å². The van der Waals surface area contributed by atoms with Gasteiger partial charge in [-0.2, -0.15) is 0 Å². The molecule has 1 aromatic carbocycles. The number of aliphatic hydroxyl groups excluding tert-OH is 3. The highest BCUT2D eigenvalue weighted by atomic mass is 16.7. The molecule has 0 spiro atoms. The summed E-state index contributed by atoms with van der Waals surface area (Å²) in [6.45, 7) is 25.2. The van der Waals surface area contributed by atoms with Crippen LogP contribution in [0.4, 0.5) is 10.5 Å². The van der Waals surface area contributed by atoms with E-state index in [4.69, 9.17) is 47.4 Å². The molecule has 37 nitrogen and oxygen atoms in total. The summed E-state index contributed by atoms with van der Waals surface area (Å²) in [7, 11) is 1.29. The lowest BCUT2D eigenvalue weighted by Crippen LogP contribution is -2.61. The van der Waals surface area contributed by atoms with Crippen molar-refractivity contribution >= 4 is 94.7 Å². The quantitative estimate of drug-likeness (QED) is 0.0357. The van der Waals surface area contributed by atoms with Gasteiger partial charge < -0.3 is 94.0 Å². The molecule has 117 heavy (non-hydrogen) atoms. The van der Waals surface area contributed by atoms with Gasteiger partial charge in [-0.05, 0) is 119 Å². The molecule has 20 atom stereocenters. The van der Waals surface area contributed by atoms with E-state index >= 15 is 4.79 Å². The number of hydrogen-bond acceptors (Lipinski definition) is 30. The molecule has 2 saturated carbocycles. The Hall–Kier alpha value is -9.49.